The van der Waals surface area contributed by atoms with Gasteiger partial charge in [-0.25, -0.2) is 5.84 Å². The molecule has 4 nitrogen and oxygen atoms in total. The van der Waals surface area contributed by atoms with Gasteiger partial charge in [-0.05, 0) is 28.3 Å². The zero-order chi connectivity index (χ0) is 17.6. The molecule has 0 fully saturated rings. The van der Waals surface area contributed by atoms with Crippen LogP contribution in [0.1, 0.15) is 5.56 Å². The number of hydrazine groups is 1. The van der Waals surface area contributed by atoms with Crippen molar-refractivity contribution < 1.29 is 0 Å². The Morgan fingerprint density at radius 2 is 1.32 bits per heavy atom. The van der Waals surface area contributed by atoms with Crippen molar-refractivity contribution in [3.8, 4) is 28.3 Å². The van der Waals surface area contributed by atoms with Gasteiger partial charge in [-0.2, -0.15) is 5.26 Å². The fourth-order valence-corrected chi connectivity index (χ4v) is 2.67. The van der Waals surface area contributed by atoms with Crippen LogP contribution in [0.3, 0.4) is 0 Å². The van der Waals surface area contributed by atoms with E-state index in [1.165, 1.54) is 11.1 Å². The quantitative estimate of drug-likeness (QED) is 0.388. The molecule has 5 N–H and O–H groups in total. The molecular weight excluding hydrogens is 308 g/mol. The van der Waals surface area contributed by atoms with Crippen LogP contribution in [0.4, 0.5) is 0 Å². The van der Waals surface area contributed by atoms with E-state index in [1.54, 1.807) is 0 Å². The second-order valence-corrected chi connectivity index (χ2v) is 5.57. The standard InChI is InChI=1S/C21H18N4/c22-14-20(25-24)21(23)19-8-4-7-18(13-19)17-11-9-16(10-12-17)15-5-2-1-3-6-15/h1-13,25H,23-24H2/b21-20-. The van der Waals surface area contributed by atoms with Crippen LogP contribution in [0.15, 0.2) is 84.6 Å². The van der Waals surface area contributed by atoms with Crippen molar-refractivity contribution in [1.82, 2.24) is 5.43 Å². The Morgan fingerprint density at radius 1 is 0.760 bits per heavy atom. The molecule has 0 heterocycles. The third kappa shape index (κ3) is 3.52. The van der Waals surface area contributed by atoms with Gasteiger partial charge in [-0.3, -0.25) is 0 Å². The first-order valence-corrected chi connectivity index (χ1v) is 7.85. The maximum Gasteiger partial charge on any atom is 0.151 e. The van der Waals surface area contributed by atoms with Crippen molar-refractivity contribution in [2.24, 2.45) is 11.6 Å². The number of nitriles is 1. The minimum atomic E-state index is 0.150. The van der Waals surface area contributed by atoms with Gasteiger partial charge < -0.3 is 11.2 Å². The molecule has 122 valence electrons. The summed E-state index contributed by atoms with van der Waals surface area (Å²) in [6.45, 7) is 0. The topological polar surface area (TPSA) is 87.9 Å². The summed E-state index contributed by atoms with van der Waals surface area (Å²) in [7, 11) is 0. The Balaban J connectivity index is 1.94. The van der Waals surface area contributed by atoms with E-state index in [1.807, 2.05) is 48.5 Å². The monoisotopic (exact) mass is 326 g/mol. The summed E-state index contributed by atoms with van der Waals surface area (Å²) in [5.41, 5.74) is 14.0. The minimum absolute atomic E-state index is 0.150. The van der Waals surface area contributed by atoms with E-state index < -0.39 is 0 Å². The number of benzene rings is 3. The summed E-state index contributed by atoms with van der Waals surface area (Å²) in [6.07, 6.45) is 0. The molecule has 0 aromatic heterocycles. The van der Waals surface area contributed by atoms with Gasteiger partial charge >= 0.3 is 0 Å². The average Bonchev–Trinajstić information content (AvgIpc) is 2.70. The molecule has 0 radical (unpaired) electrons. The maximum atomic E-state index is 9.05. The van der Waals surface area contributed by atoms with Gasteiger partial charge in [0.1, 0.15) is 6.07 Å². The molecule has 0 saturated carbocycles. The summed E-state index contributed by atoms with van der Waals surface area (Å²) in [5, 5.41) is 9.05. The third-order valence-corrected chi connectivity index (χ3v) is 4.02. The van der Waals surface area contributed by atoms with E-state index in [9.17, 15) is 0 Å². The van der Waals surface area contributed by atoms with Crippen LogP contribution >= 0.6 is 0 Å². The van der Waals surface area contributed by atoms with Crippen LogP contribution in [-0.4, -0.2) is 0 Å². The Hall–Kier alpha value is -3.55. The smallest absolute Gasteiger partial charge is 0.151 e. The molecule has 3 aromatic rings. The lowest BCUT2D eigenvalue weighted by Crippen LogP contribution is -2.23. The summed E-state index contributed by atoms with van der Waals surface area (Å²) in [6, 6.07) is 28.3. The largest absolute Gasteiger partial charge is 0.396 e. The van der Waals surface area contributed by atoms with Crippen molar-refractivity contribution in [3.63, 3.8) is 0 Å². The van der Waals surface area contributed by atoms with Gasteiger partial charge in [-0.15, -0.1) is 0 Å². The molecular formula is C21H18N4. The molecule has 0 amide bonds. The predicted molar refractivity (Wildman–Crippen MR) is 101 cm³/mol. The highest BCUT2D eigenvalue weighted by molar-refractivity contribution is 5.75. The van der Waals surface area contributed by atoms with E-state index in [-0.39, 0.29) is 5.70 Å². The number of allylic oxidation sites excluding steroid dienone is 1. The van der Waals surface area contributed by atoms with Crippen molar-refractivity contribution >= 4 is 5.70 Å². The minimum Gasteiger partial charge on any atom is -0.396 e. The normalized spacial score (nSPS) is 11.4. The van der Waals surface area contributed by atoms with E-state index in [2.05, 4.69) is 41.8 Å². The first-order chi connectivity index (χ1) is 12.2. The lowest BCUT2D eigenvalue weighted by atomic mass is 9.98. The summed E-state index contributed by atoms with van der Waals surface area (Å²) in [5.74, 6) is 5.33. The highest BCUT2D eigenvalue weighted by atomic mass is 15.2. The van der Waals surface area contributed by atoms with E-state index >= 15 is 0 Å². The van der Waals surface area contributed by atoms with Gasteiger partial charge in [0, 0.05) is 5.56 Å². The van der Waals surface area contributed by atoms with Crippen LogP contribution in [0.5, 0.6) is 0 Å². The molecule has 0 bridgehead atoms. The first-order valence-electron chi connectivity index (χ1n) is 7.85. The van der Waals surface area contributed by atoms with Gasteiger partial charge in [0.15, 0.2) is 5.70 Å². The van der Waals surface area contributed by atoms with Gasteiger partial charge in [0.05, 0.1) is 5.70 Å². The Bertz CT molecular complexity index is 936. The fraction of sp³-hybridized carbons (Fsp3) is 0. The summed E-state index contributed by atoms with van der Waals surface area (Å²) >= 11 is 0. The zero-order valence-corrected chi connectivity index (χ0v) is 13.6. The third-order valence-electron chi connectivity index (χ3n) is 4.02. The first kappa shape index (κ1) is 16.3. The number of rotatable bonds is 4. The number of nitrogens with two attached hydrogens (primary N) is 2. The Kier molecular flexibility index (Phi) is 4.79. The average molecular weight is 326 g/mol. The SMILES string of the molecule is N#C/C(NN)=C(/N)c1cccc(-c2ccc(-c3ccccc3)cc2)c1. The molecule has 0 aliphatic heterocycles. The molecule has 0 saturated heterocycles. The van der Waals surface area contributed by atoms with Crippen LogP contribution < -0.4 is 17.0 Å². The van der Waals surface area contributed by atoms with Crippen molar-refractivity contribution in [2.45, 2.75) is 0 Å². The second-order valence-electron chi connectivity index (χ2n) is 5.57. The molecule has 0 aliphatic rings. The van der Waals surface area contributed by atoms with Crippen molar-refractivity contribution in [2.75, 3.05) is 0 Å². The lowest BCUT2D eigenvalue weighted by molar-refractivity contribution is 0.920. The molecule has 0 spiro atoms. The molecule has 25 heavy (non-hydrogen) atoms. The molecule has 3 rings (SSSR count). The van der Waals surface area contributed by atoms with E-state index in [0.29, 0.717) is 5.70 Å². The zero-order valence-electron chi connectivity index (χ0n) is 13.6. The van der Waals surface area contributed by atoms with Crippen LogP contribution in [-0.2, 0) is 0 Å². The van der Waals surface area contributed by atoms with Crippen molar-refractivity contribution in [1.29, 1.82) is 5.26 Å². The lowest BCUT2D eigenvalue weighted by Gasteiger charge is -2.09. The fourth-order valence-electron chi connectivity index (χ4n) is 2.67. The number of hydrogen-bond donors (Lipinski definition) is 3. The summed E-state index contributed by atoms with van der Waals surface area (Å²) in [4.78, 5) is 0. The van der Waals surface area contributed by atoms with Crippen molar-refractivity contribution in [3.05, 3.63) is 90.1 Å². The molecule has 3 aromatic carbocycles. The highest BCUT2D eigenvalue weighted by Gasteiger charge is 2.06. The van der Waals surface area contributed by atoms with E-state index in [4.69, 9.17) is 16.8 Å². The second kappa shape index (κ2) is 7.35. The van der Waals surface area contributed by atoms with E-state index in [0.717, 1.165) is 16.7 Å². The molecule has 0 unspecified atom stereocenters. The Labute approximate surface area is 147 Å². The predicted octanol–water partition coefficient (Wildman–Crippen LogP) is 3.63. The van der Waals surface area contributed by atoms with Gasteiger partial charge in [-0.1, -0.05) is 72.8 Å². The molecule has 4 heteroatoms. The number of nitrogens with one attached hydrogen (secondary N) is 1. The summed E-state index contributed by atoms with van der Waals surface area (Å²) < 4.78 is 0. The highest BCUT2D eigenvalue weighted by Crippen LogP contribution is 2.26. The number of nitrogens with zero attached hydrogens (tertiary/aromatic N) is 1. The van der Waals surface area contributed by atoms with Crippen LogP contribution in [0.25, 0.3) is 28.0 Å². The maximum absolute atomic E-state index is 9.05. The van der Waals surface area contributed by atoms with Crippen LogP contribution in [0.2, 0.25) is 0 Å². The number of hydrogen-bond acceptors (Lipinski definition) is 4. The molecule has 0 aliphatic carbocycles. The van der Waals surface area contributed by atoms with Gasteiger partial charge in [0.2, 0.25) is 0 Å². The van der Waals surface area contributed by atoms with Crippen LogP contribution in [0, 0.1) is 11.3 Å². The molecule has 0 atom stereocenters. The van der Waals surface area contributed by atoms with Gasteiger partial charge in [0.25, 0.3) is 0 Å². The Morgan fingerprint density at radius 3 is 1.92 bits per heavy atom.